The van der Waals surface area contributed by atoms with Gasteiger partial charge in [-0.2, -0.15) is 0 Å². The molecule has 0 spiro atoms. The number of nitrogens with one attached hydrogen (secondary N) is 1. The zero-order valence-electron chi connectivity index (χ0n) is 16.1. The first-order valence-electron chi connectivity index (χ1n) is 9.59. The van der Waals surface area contributed by atoms with E-state index in [2.05, 4.69) is 33.4 Å². The molecule has 3 aromatic rings. The molecule has 0 fully saturated rings. The van der Waals surface area contributed by atoms with Crippen molar-refractivity contribution >= 4 is 51.0 Å². The lowest BCUT2D eigenvalue weighted by Gasteiger charge is -2.14. The van der Waals surface area contributed by atoms with Crippen molar-refractivity contribution in [2.45, 2.75) is 29.4 Å². The molecule has 0 bridgehead atoms. The molecule has 0 atom stereocenters. The molecular weight excluding hydrogens is 482 g/mol. The zero-order valence-corrected chi connectivity index (χ0v) is 19.4. The normalized spacial score (nSPS) is 12.6. The van der Waals surface area contributed by atoms with Gasteiger partial charge in [0.15, 0.2) is 5.16 Å². The maximum atomic E-state index is 13.1. The van der Waals surface area contributed by atoms with Crippen molar-refractivity contribution < 1.29 is 4.79 Å². The fourth-order valence-electron chi connectivity index (χ4n) is 3.18. The second kappa shape index (κ2) is 9.85. The number of thioether (sulfide) groups is 2. The van der Waals surface area contributed by atoms with Crippen LogP contribution in [0.2, 0.25) is 0 Å². The molecule has 1 aliphatic heterocycles. The molecule has 1 aromatic heterocycles. The lowest BCUT2D eigenvalue weighted by Crippen LogP contribution is -2.27. The van der Waals surface area contributed by atoms with Gasteiger partial charge in [0, 0.05) is 28.9 Å². The molecule has 1 N–H and O–H groups in total. The maximum absolute atomic E-state index is 13.1. The predicted molar refractivity (Wildman–Crippen MR) is 127 cm³/mol. The van der Waals surface area contributed by atoms with Gasteiger partial charge in [-0.1, -0.05) is 58.0 Å². The van der Waals surface area contributed by atoms with Crippen LogP contribution in [0.3, 0.4) is 0 Å². The highest BCUT2D eigenvalue weighted by molar-refractivity contribution is 9.10. The summed E-state index contributed by atoms with van der Waals surface area (Å²) in [5, 5.41) is 3.50. The molecule has 2 aromatic carbocycles. The topological polar surface area (TPSA) is 64.0 Å². The van der Waals surface area contributed by atoms with E-state index in [-0.39, 0.29) is 17.2 Å². The summed E-state index contributed by atoms with van der Waals surface area (Å²) in [5.74, 6) is 0.954. The molecule has 30 heavy (non-hydrogen) atoms. The predicted octanol–water partition coefficient (Wildman–Crippen LogP) is 4.63. The summed E-state index contributed by atoms with van der Waals surface area (Å²) >= 11 is 6.28. The van der Waals surface area contributed by atoms with Crippen molar-refractivity contribution in [3.63, 3.8) is 0 Å². The van der Waals surface area contributed by atoms with Gasteiger partial charge in [0.25, 0.3) is 5.56 Å². The number of aromatic nitrogens is 2. The number of aryl methyl sites for hydroxylation is 2. The van der Waals surface area contributed by atoms with Crippen molar-refractivity contribution in [3.8, 4) is 0 Å². The maximum Gasteiger partial charge on any atom is 0.268 e. The van der Waals surface area contributed by atoms with Gasteiger partial charge < -0.3 is 5.32 Å². The third-order valence-corrected chi connectivity index (χ3v) is 7.29. The zero-order chi connectivity index (χ0) is 20.9. The SMILES string of the molecule is O=C(CSc1nc2c(c(=O)n1CCc1ccccc1)SCC2)Nc1ccc(Br)cc1. The number of anilines is 1. The number of carbonyl (C=O) groups is 1. The molecule has 0 saturated heterocycles. The molecule has 8 heteroatoms. The Morgan fingerprint density at radius 1 is 1.17 bits per heavy atom. The summed E-state index contributed by atoms with van der Waals surface area (Å²) in [6, 6.07) is 17.5. The van der Waals surface area contributed by atoms with Gasteiger partial charge in [-0.3, -0.25) is 14.2 Å². The van der Waals surface area contributed by atoms with Gasteiger partial charge in [-0.25, -0.2) is 4.98 Å². The Morgan fingerprint density at radius 3 is 2.70 bits per heavy atom. The van der Waals surface area contributed by atoms with E-state index < -0.39 is 0 Å². The Kier molecular flexibility index (Phi) is 6.97. The summed E-state index contributed by atoms with van der Waals surface area (Å²) < 4.78 is 2.68. The summed E-state index contributed by atoms with van der Waals surface area (Å²) in [5.41, 5.74) is 2.77. The van der Waals surface area contributed by atoms with Crippen LogP contribution in [0.25, 0.3) is 0 Å². The van der Waals surface area contributed by atoms with E-state index >= 15 is 0 Å². The number of rotatable bonds is 7. The Labute approximate surface area is 191 Å². The van der Waals surface area contributed by atoms with Crippen LogP contribution in [0.1, 0.15) is 11.3 Å². The number of carbonyl (C=O) groups excluding carboxylic acids is 1. The number of hydrogen-bond donors (Lipinski definition) is 1. The monoisotopic (exact) mass is 501 g/mol. The molecule has 0 unspecified atom stereocenters. The van der Waals surface area contributed by atoms with Crippen molar-refractivity contribution in [1.82, 2.24) is 9.55 Å². The quantitative estimate of drug-likeness (QED) is 0.377. The van der Waals surface area contributed by atoms with Crippen LogP contribution in [0, 0.1) is 0 Å². The largest absolute Gasteiger partial charge is 0.325 e. The van der Waals surface area contributed by atoms with Gasteiger partial charge in [0.05, 0.1) is 16.3 Å². The highest BCUT2D eigenvalue weighted by Gasteiger charge is 2.22. The fraction of sp³-hybridized carbons (Fsp3) is 0.227. The van der Waals surface area contributed by atoms with Crippen LogP contribution < -0.4 is 10.9 Å². The molecule has 1 aliphatic rings. The summed E-state index contributed by atoms with van der Waals surface area (Å²) in [6.45, 7) is 0.542. The number of benzene rings is 2. The molecule has 5 nitrogen and oxygen atoms in total. The van der Waals surface area contributed by atoms with E-state index in [4.69, 9.17) is 4.98 Å². The van der Waals surface area contributed by atoms with Gasteiger partial charge in [0.1, 0.15) is 0 Å². The summed E-state index contributed by atoms with van der Waals surface area (Å²) in [7, 11) is 0. The number of nitrogens with zero attached hydrogens (tertiary/aromatic N) is 2. The number of hydrogen-bond acceptors (Lipinski definition) is 5. The first-order chi connectivity index (χ1) is 14.6. The molecule has 0 radical (unpaired) electrons. The average molecular weight is 502 g/mol. The summed E-state index contributed by atoms with van der Waals surface area (Å²) in [4.78, 5) is 31.0. The first kappa shape index (κ1) is 21.2. The van der Waals surface area contributed by atoms with Crippen LogP contribution in [0.4, 0.5) is 5.69 Å². The van der Waals surface area contributed by atoms with E-state index in [9.17, 15) is 9.59 Å². The van der Waals surface area contributed by atoms with E-state index in [0.29, 0.717) is 11.7 Å². The third kappa shape index (κ3) is 5.17. The van der Waals surface area contributed by atoms with Crippen LogP contribution >= 0.6 is 39.5 Å². The molecule has 2 heterocycles. The minimum atomic E-state index is -0.124. The van der Waals surface area contributed by atoms with E-state index in [1.807, 2.05) is 42.5 Å². The molecule has 4 rings (SSSR count). The number of amides is 1. The summed E-state index contributed by atoms with van der Waals surface area (Å²) in [6.07, 6.45) is 1.54. The van der Waals surface area contributed by atoms with Crippen LogP contribution in [0.15, 0.2) is 73.9 Å². The minimum Gasteiger partial charge on any atom is -0.325 e. The lowest BCUT2D eigenvalue weighted by molar-refractivity contribution is -0.113. The van der Waals surface area contributed by atoms with E-state index in [1.54, 1.807) is 16.3 Å². The van der Waals surface area contributed by atoms with Gasteiger partial charge in [-0.05, 0) is 36.2 Å². The minimum absolute atomic E-state index is 0.00856. The highest BCUT2D eigenvalue weighted by atomic mass is 79.9. The Bertz CT molecular complexity index is 1100. The van der Waals surface area contributed by atoms with Crippen LogP contribution in [-0.2, 0) is 24.2 Å². The lowest BCUT2D eigenvalue weighted by atomic mass is 10.1. The smallest absolute Gasteiger partial charge is 0.268 e. The average Bonchev–Trinajstić information content (AvgIpc) is 3.23. The fourth-order valence-corrected chi connectivity index (χ4v) is 5.33. The van der Waals surface area contributed by atoms with E-state index in [1.165, 1.54) is 17.3 Å². The standard InChI is InChI=1S/C22H20BrN3O2S2/c23-16-6-8-17(9-7-16)24-19(27)14-30-22-25-18-11-13-29-20(18)21(28)26(22)12-10-15-4-2-1-3-5-15/h1-9H,10-14H2,(H,24,27). The second-order valence-corrected chi connectivity index (χ2v) is 9.77. The molecule has 0 aliphatic carbocycles. The Morgan fingerprint density at radius 2 is 1.93 bits per heavy atom. The van der Waals surface area contributed by atoms with Crippen molar-refractivity contribution in [2.24, 2.45) is 0 Å². The van der Waals surface area contributed by atoms with Crippen LogP contribution in [-0.4, -0.2) is 27.0 Å². The van der Waals surface area contributed by atoms with Crippen molar-refractivity contribution in [3.05, 3.63) is 80.7 Å². The van der Waals surface area contributed by atoms with E-state index in [0.717, 1.165) is 39.3 Å². The van der Waals surface area contributed by atoms with Gasteiger partial charge in [-0.15, -0.1) is 11.8 Å². The second-order valence-electron chi connectivity index (χ2n) is 6.80. The number of halogens is 1. The Hall–Kier alpha value is -2.03. The molecule has 0 saturated carbocycles. The molecule has 154 valence electrons. The Balaban J connectivity index is 1.49. The van der Waals surface area contributed by atoms with Gasteiger partial charge in [0.2, 0.25) is 5.91 Å². The third-order valence-electron chi connectivity index (χ3n) is 4.68. The van der Waals surface area contributed by atoms with Crippen LogP contribution in [0.5, 0.6) is 0 Å². The van der Waals surface area contributed by atoms with Crippen molar-refractivity contribution in [1.29, 1.82) is 0 Å². The first-order valence-corrected chi connectivity index (χ1v) is 12.4. The van der Waals surface area contributed by atoms with Crippen molar-refractivity contribution in [2.75, 3.05) is 16.8 Å². The molecule has 1 amide bonds. The highest BCUT2D eigenvalue weighted by Crippen LogP contribution is 2.29. The number of fused-ring (bicyclic) bond motifs is 1. The molecular formula is C22H20BrN3O2S2. The van der Waals surface area contributed by atoms with Gasteiger partial charge >= 0.3 is 0 Å².